The summed E-state index contributed by atoms with van der Waals surface area (Å²) in [4.78, 5) is 25.0. The fourth-order valence-corrected chi connectivity index (χ4v) is 4.61. The number of thiazole rings is 1. The van der Waals surface area contributed by atoms with Crippen molar-refractivity contribution >= 4 is 39.2 Å². The normalized spacial score (nSPS) is 14.7. The summed E-state index contributed by atoms with van der Waals surface area (Å²) in [6.45, 7) is 3.95. The Morgan fingerprint density at radius 3 is 2.80 bits per heavy atom. The molecule has 5 rings (SSSR count). The smallest absolute Gasteiger partial charge is 0.270 e. The van der Waals surface area contributed by atoms with Gasteiger partial charge in [-0.15, -0.1) is 0 Å². The number of fused-ring (bicyclic) bond motifs is 1. The van der Waals surface area contributed by atoms with Crippen LogP contribution in [-0.4, -0.2) is 54.0 Å². The lowest BCUT2D eigenvalue weighted by atomic mass is 10.1. The Labute approximate surface area is 181 Å². The van der Waals surface area contributed by atoms with Crippen LogP contribution in [0.2, 0.25) is 5.02 Å². The van der Waals surface area contributed by atoms with E-state index in [4.69, 9.17) is 16.6 Å². The van der Waals surface area contributed by atoms with E-state index in [1.165, 1.54) is 4.80 Å². The molecule has 152 valence electrons. The molecule has 0 unspecified atom stereocenters. The molecule has 8 nitrogen and oxygen atoms in total. The first kappa shape index (κ1) is 19.1. The first-order valence-electron chi connectivity index (χ1n) is 9.54. The van der Waals surface area contributed by atoms with Crippen LogP contribution < -0.4 is 0 Å². The van der Waals surface area contributed by atoms with Crippen molar-refractivity contribution in [1.29, 1.82) is 0 Å². The average molecular weight is 440 g/mol. The van der Waals surface area contributed by atoms with Crippen molar-refractivity contribution < 1.29 is 4.79 Å². The molecule has 3 aromatic heterocycles. The number of aromatic nitrogens is 5. The van der Waals surface area contributed by atoms with Crippen molar-refractivity contribution in [2.45, 2.75) is 19.9 Å². The number of pyridine rings is 1. The Balaban J connectivity index is 1.43. The van der Waals surface area contributed by atoms with Gasteiger partial charge in [-0.05, 0) is 43.7 Å². The second kappa shape index (κ2) is 7.75. The van der Waals surface area contributed by atoms with Crippen molar-refractivity contribution in [3.63, 3.8) is 0 Å². The zero-order valence-electron chi connectivity index (χ0n) is 16.2. The topological polar surface area (TPSA) is 80.0 Å². The summed E-state index contributed by atoms with van der Waals surface area (Å²) in [5, 5.41) is 13.6. The maximum Gasteiger partial charge on any atom is 0.270 e. The summed E-state index contributed by atoms with van der Waals surface area (Å²) in [6, 6.07) is 9.12. The number of amides is 1. The van der Waals surface area contributed by atoms with Crippen LogP contribution in [0.3, 0.4) is 0 Å². The maximum atomic E-state index is 13.5. The Hall–Kier alpha value is -2.88. The van der Waals surface area contributed by atoms with E-state index < -0.39 is 0 Å². The number of nitrogens with zero attached hydrogens (tertiary/aromatic N) is 7. The number of hydrogen-bond acceptors (Lipinski definition) is 7. The monoisotopic (exact) mass is 439 g/mol. The van der Waals surface area contributed by atoms with Crippen molar-refractivity contribution in [3.8, 4) is 5.69 Å². The third-order valence-electron chi connectivity index (χ3n) is 4.95. The third kappa shape index (κ3) is 3.55. The van der Waals surface area contributed by atoms with Crippen molar-refractivity contribution in [1.82, 2.24) is 35.0 Å². The number of carbonyl (C=O) groups is 1. The molecule has 1 saturated heterocycles. The fourth-order valence-electron chi connectivity index (χ4n) is 3.63. The Kier molecular flexibility index (Phi) is 4.93. The fraction of sp³-hybridized carbons (Fsp3) is 0.250. The molecule has 0 N–H and O–H groups in total. The van der Waals surface area contributed by atoms with Gasteiger partial charge in [-0.25, -0.2) is 15.0 Å². The quantitative estimate of drug-likeness (QED) is 0.484. The lowest BCUT2D eigenvalue weighted by molar-refractivity contribution is 0.0165. The van der Waals surface area contributed by atoms with E-state index in [1.54, 1.807) is 46.9 Å². The molecule has 0 spiro atoms. The van der Waals surface area contributed by atoms with Gasteiger partial charge in [0.2, 0.25) is 0 Å². The zero-order valence-corrected chi connectivity index (χ0v) is 17.8. The van der Waals surface area contributed by atoms with Gasteiger partial charge in [0.15, 0.2) is 0 Å². The number of aryl methyl sites for hydroxylation is 1. The van der Waals surface area contributed by atoms with Gasteiger partial charge in [0, 0.05) is 18.1 Å². The van der Waals surface area contributed by atoms with Crippen LogP contribution in [0.4, 0.5) is 0 Å². The van der Waals surface area contributed by atoms with E-state index in [0.29, 0.717) is 29.4 Å². The Bertz CT molecular complexity index is 1220. The average Bonchev–Trinajstić information content (AvgIpc) is 3.47. The van der Waals surface area contributed by atoms with Crippen LogP contribution in [-0.2, 0) is 6.54 Å². The van der Waals surface area contributed by atoms with Gasteiger partial charge in [-0.2, -0.15) is 15.0 Å². The second-order valence-corrected chi connectivity index (χ2v) is 8.63. The van der Waals surface area contributed by atoms with Crippen LogP contribution >= 0.6 is 22.9 Å². The van der Waals surface area contributed by atoms with Gasteiger partial charge >= 0.3 is 0 Å². The minimum atomic E-state index is -0.128. The molecule has 30 heavy (non-hydrogen) atoms. The highest BCUT2D eigenvalue weighted by Crippen LogP contribution is 2.25. The number of carbonyl (C=O) groups excluding carboxylic acids is 1. The standard InChI is InChI=1S/C20H18ClN7OS/c1-13-24-17-5-4-15(25-19(17)30-13)12-26-9-2-10-27(26)20(29)16-11-14(21)3-6-18(16)28-22-7-8-23-28/h3-8,11H,2,9-10,12H2,1H3. The molecule has 0 bridgehead atoms. The largest absolute Gasteiger partial charge is 0.271 e. The van der Waals surface area contributed by atoms with Crippen molar-refractivity contribution in [3.05, 3.63) is 64.0 Å². The molecule has 1 aromatic carbocycles. The van der Waals surface area contributed by atoms with E-state index in [1.807, 2.05) is 24.1 Å². The summed E-state index contributed by atoms with van der Waals surface area (Å²) in [5.41, 5.74) is 2.88. The van der Waals surface area contributed by atoms with Gasteiger partial charge in [0.05, 0.1) is 40.9 Å². The van der Waals surface area contributed by atoms with Gasteiger partial charge in [-0.3, -0.25) is 9.80 Å². The molecule has 4 heterocycles. The highest BCUT2D eigenvalue weighted by molar-refractivity contribution is 7.18. The lowest BCUT2D eigenvalue weighted by Crippen LogP contribution is -2.41. The minimum Gasteiger partial charge on any atom is -0.271 e. The Morgan fingerprint density at radius 2 is 1.97 bits per heavy atom. The SMILES string of the molecule is Cc1nc2ccc(CN3CCCN3C(=O)c3cc(Cl)ccc3-n3nccn3)nc2s1. The summed E-state index contributed by atoms with van der Waals surface area (Å²) < 4.78 is 0. The molecule has 1 amide bonds. The van der Waals surface area contributed by atoms with E-state index in [9.17, 15) is 4.79 Å². The van der Waals surface area contributed by atoms with Crippen LogP contribution in [0.1, 0.15) is 27.5 Å². The summed E-state index contributed by atoms with van der Waals surface area (Å²) in [6.07, 6.45) is 4.05. The van der Waals surface area contributed by atoms with E-state index in [2.05, 4.69) is 15.2 Å². The molecule has 10 heteroatoms. The van der Waals surface area contributed by atoms with Gasteiger partial charge in [0.1, 0.15) is 10.3 Å². The number of hydrogen-bond donors (Lipinski definition) is 0. The lowest BCUT2D eigenvalue weighted by Gasteiger charge is -2.28. The molecule has 4 aromatic rings. The van der Waals surface area contributed by atoms with Gasteiger partial charge in [-0.1, -0.05) is 22.9 Å². The molecule has 0 aliphatic carbocycles. The molecular weight excluding hydrogens is 422 g/mol. The number of rotatable bonds is 4. The van der Waals surface area contributed by atoms with E-state index in [0.717, 1.165) is 34.0 Å². The number of halogens is 1. The van der Waals surface area contributed by atoms with E-state index in [-0.39, 0.29) is 5.91 Å². The predicted octanol–water partition coefficient (Wildman–Crippen LogP) is 3.50. The highest BCUT2D eigenvalue weighted by atomic mass is 35.5. The summed E-state index contributed by atoms with van der Waals surface area (Å²) in [5.74, 6) is -0.128. The number of hydrazine groups is 1. The Morgan fingerprint density at radius 1 is 1.13 bits per heavy atom. The molecule has 1 fully saturated rings. The van der Waals surface area contributed by atoms with Crippen LogP contribution in [0, 0.1) is 6.92 Å². The minimum absolute atomic E-state index is 0.128. The highest BCUT2D eigenvalue weighted by Gasteiger charge is 2.30. The first-order valence-corrected chi connectivity index (χ1v) is 10.7. The zero-order chi connectivity index (χ0) is 20.7. The van der Waals surface area contributed by atoms with Gasteiger partial charge in [0.25, 0.3) is 5.91 Å². The van der Waals surface area contributed by atoms with Crippen LogP contribution in [0.5, 0.6) is 0 Å². The summed E-state index contributed by atoms with van der Waals surface area (Å²) >= 11 is 7.78. The number of benzene rings is 1. The van der Waals surface area contributed by atoms with Crippen LogP contribution in [0.25, 0.3) is 16.0 Å². The molecular formula is C20H18ClN7OS. The van der Waals surface area contributed by atoms with Gasteiger partial charge < -0.3 is 0 Å². The molecule has 0 radical (unpaired) electrons. The molecule has 1 aliphatic heterocycles. The molecule has 1 aliphatic rings. The molecule has 0 saturated carbocycles. The maximum absolute atomic E-state index is 13.5. The molecule has 0 atom stereocenters. The predicted molar refractivity (Wildman–Crippen MR) is 115 cm³/mol. The second-order valence-electron chi connectivity index (χ2n) is 7.01. The summed E-state index contributed by atoms with van der Waals surface area (Å²) in [7, 11) is 0. The van der Waals surface area contributed by atoms with Crippen molar-refractivity contribution in [2.75, 3.05) is 13.1 Å². The first-order chi connectivity index (χ1) is 14.6. The van der Waals surface area contributed by atoms with Crippen LogP contribution in [0.15, 0.2) is 42.7 Å². The van der Waals surface area contributed by atoms with Crippen molar-refractivity contribution in [2.24, 2.45) is 0 Å². The van der Waals surface area contributed by atoms with E-state index >= 15 is 0 Å². The third-order valence-corrected chi connectivity index (χ3v) is 6.07.